The fourth-order valence-electron chi connectivity index (χ4n) is 0.760. The number of hydrogen-bond acceptors (Lipinski definition) is 3. The van der Waals surface area contributed by atoms with Crippen LogP contribution in [0, 0.1) is 0 Å². The number of carbonyl (C=O) groups excluding carboxylic acids is 2. The van der Waals surface area contributed by atoms with Crippen molar-refractivity contribution in [1.82, 2.24) is 5.32 Å². The Hall–Kier alpha value is -0.590. The van der Waals surface area contributed by atoms with E-state index in [-0.39, 0.29) is 16.6 Å². The lowest BCUT2D eigenvalue weighted by Gasteiger charge is -2.05. The maximum absolute atomic E-state index is 10.7. The number of amides is 1. The molecule has 0 aliphatic carbocycles. The van der Waals surface area contributed by atoms with Crippen molar-refractivity contribution in [1.29, 1.82) is 0 Å². The lowest BCUT2D eigenvalue weighted by Crippen LogP contribution is -2.32. The van der Waals surface area contributed by atoms with E-state index in [1.807, 2.05) is 0 Å². The van der Waals surface area contributed by atoms with Crippen LogP contribution in [0.3, 0.4) is 0 Å². The Kier molecular flexibility index (Phi) is 2.48. The summed E-state index contributed by atoms with van der Waals surface area (Å²) in [5.41, 5.74) is 0.315. The van der Waals surface area contributed by atoms with Crippen molar-refractivity contribution < 1.29 is 14.3 Å². The molecule has 0 radical (unpaired) electrons. The molecular weight excluding hydrogens is 261 g/mol. The third kappa shape index (κ3) is 1.92. The van der Waals surface area contributed by atoms with Gasteiger partial charge in [-0.25, -0.2) is 4.79 Å². The molecule has 11 heavy (non-hydrogen) atoms. The second-order valence-electron chi connectivity index (χ2n) is 2.09. The minimum atomic E-state index is -0.430. The van der Waals surface area contributed by atoms with Crippen molar-refractivity contribution >= 4 is 32.5 Å². The van der Waals surface area contributed by atoms with Gasteiger partial charge in [0, 0.05) is 22.6 Å². The van der Waals surface area contributed by atoms with Gasteiger partial charge in [-0.3, -0.25) is 4.79 Å². The minimum absolute atomic E-state index is 0.201. The van der Waals surface area contributed by atoms with Gasteiger partial charge in [-0.15, -0.1) is 0 Å². The van der Waals surface area contributed by atoms with Crippen LogP contribution in [0.15, 0.2) is 12.2 Å². The van der Waals surface area contributed by atoms with Crippen LogP contribution in [0.4, 0.5) is 4.79 Å². The van der Waals surface area contributed by atoms with Gasteiger partial charge < -0.3 is 10.1 Å². The molecule has 1 atom stereocenters. The Morgan fingerprint density at radius 1 is 1.82 bits per heavy atom. The predicted octanol–water partition coefficient (Wildman–Crippen LogP) is 0.613. The van der Waals surface area contributed by atoms with Crippen LogP contribution < -0.4 is 5.32 Å². The zero-order chi connectivity index (χ0) is 8.43. The summed E-state index contributed by atoms with van der Waals surface area (Å²) in [5, 5.41) is 2.52. The second-order valence-corrected chi connectivity index (χ2v) is 3.07. The molecule has 60 valence electrons. The van der Waals surface area contributed by atoms with Crippen LogP contribution in [0.1, 0.15) is 0 Å². The van der Waals surface area contributed by atoms with Crippen molar-refractivity contribution in [3.8, 4) is 0 Å². The van der Waals surface area contributed by atoms with E-state index in [1.54, 1.807) is 22.6 Å². The molecule has 1 heterocycles. The molecule has 0 saturated carbocycles. The molecule has 1 aliphatic rings. The molecule has 1 fully saturated rings. The SMILES string of the molecule is C=C1C(=O)OCC1NC(=O)I. The summed E-state index contributed by atoms with van der Waals surface area (Å²) in [4.78, 5) is 21.2. The molecule has 1 unspecified atom stereocenters. The summed E-state index contributed by atoms with van der Waals surface area (Å²) >= 11 is 1.59. The highest BCUT2D eigenvalue weighted by molar-refractivity contribution is 14.1. The molecule has 1 amide bonds. The Labute approximate surface area is 77.1 Å². The van der Waals surface area contributed by atoms with Crippen molar-refractivity contribution in [3.05, 3.63) is 12.2 Å². The van der Waals surface area contributed by atoms with E-state index < -0.39 is 5.97 Å². The van der Waals surface area contributed by atoms with Gasteiger partial charge >= 0.3 is 5.97 Å². The molecule has 0 bridgehead atoms. The van der Waals surface area contributed by atoms with Crippen molar-refractivity contribution in [2.75, 3.05) is 6.61 Å². The highest BCUT2D eigenvalue weighted by Crippen LogP contribution is 2.12. The largest absolute Gasteiger partial charge is 0.460 e. The van der Waals surface area contributed by atoms with Gasteiger partial charge in [-0.1, -0.05) is 6.58 Å². The average Bonchev–Trinajstić information content (AvgIpc) is 2.18. The molecule has 0 aromatic rings. The standard InChI is InChI=1S/C6H6INO3/c1-3-4(8-6(7)10)2-11-5(3)9/h4H,1-2H2,(H,8,10). The number of hydrogen-bond donors (Lipinski definition) is 1. The monoisotopic (exact) mass is 267 g/mol. The summed E-state index contributed by atoms with van der Waals surface area (Å²) in [5.74, 6) is -0.430. The van der Waals surface area contributed by atoms with Crippen molar-refractivity contribution in [2.45, 2.75) is 6.04 Å². The topological polar surface area (TPSA) is 55.4 Å². The van der Waals surface area contributed by atoms with E-state index in [0.29, 0.717) is 5.57 Å². The number of cyclic esters (lactones) is 1. The fraction of sp³-hybridized carbons (Fsp3) is 0.333. The van der Waals surface area contributed by atoms with Gasteiger partial charge in [0.05, 0.1) is 11.6 Å². The lowest BCUT2D eigenvalue weighted by molar-refractivity contribution is -0.135. The number of halogens is 1. The molecule has 0 spiro atoms. The fourth-order valence-corrected chi connectivity index (χ4v) is 1.14. The maximum atomic E-state index is 10.7. The van der Waals surface area contributed by atoms with Crippen LogP contribution in [-0.4, -0.2) is 22.5 Å². The zero-order valence-electron chi connectivity index (χ0n) is 5.59. The third-order valence-corrected chi connectivity index (χ3v) is 1.66. The van der Waals surface area contributed by atoms with E-state index >= 15 is 0 Å². The third-order valence-electron chi connectivity index (χ3n) is 1.35. The smallest absolute Gasteiger partial charge is 0.335 e. The molecule has 1 saturated heterocycles. The van der Waals surface area contributed by atoms with Gasteiger partial charge in [-0.05, 0) is 0 Å². The van der Waals surface area contributed by atoms with E-state index in [4.69, 9.17) is 0 Å². The van der Waals surface area contributed by atoms with Gasteiger partial charge in [0.25, 0.3) is 3.91 Å². The Morgan fingerprint density at radius 2 is 2.45 bits per heavy atom. The molecule has 1 N–H and O–H groups in total. The van der Waals surface area contributed by atoms with E-state index in [2.05, 4.69) is 16.6 Å². The number of esters is 1. The molecule has 1 rings (SSSR count). The molecule has 5 heteroatoms. The van der Waals surface area contributed by atoms with Gasteiger partial charge in [-0.2, -0.15) is 0 Å². The summed E-state index contributed by atoms with van der Waals surface area (Å²) in [6.07, 6.45) is 0. The highest BCUT2D eigenvalue weighted by Gasteiger charge is 2.29. The van der Waals surface area contributed by atoms with Crippen molar-refractivity contribution in [2.24, 2.45) is 0 Å². The summed E-state index contributed by atoms with van der Waals surface area (Å²) in [6, 6.07) is -0.341. The summed E-state index contributed by atoms with van der Waals surface area (Å²) in [7, 11) is 0. The normalized spacial score (nSPS) is 23.2. The summed E-state index contributed by atoms with van der Waals surface area (Å²) in [6.45, 7) is 3.68. The first-order chi connectivity index (χ1) is 5.11. The number of rotatable bonds is 1. The van der Waals surface area contributed by atoms with Gasteiger partial charge in [0.2, 0.25) is 0 Å². The summed E-state index contributed by atoms with van der Waals surface area (Å²) < 4.78 is 4.41. The lowest BCUT2D eigenvalue weighted by atomic mass is 10.2. The second kappa shape index (κ2) is 3.21. The van der Waals surface area contributed by atoms with E-state index in [1.165, 1.54) is 0 Å². The van der Waals surface area contributed by atoms with Crippen LogP contribution >= 0.6 is 22.6 Å². The first-order valence-corrected chi connectivity index (χ1v) is 4.01. The Morgan fingerprint density at radius 3 is 2.82 bits per heavy atom. The zero-order valence-corrected chi connectivity index (χ0v) is 7.75. The van der Waals surface area contributed by atoms with Crippen LogP contribution in [0.2, 0.25) is 0 Å². The molecular formula is C6H6INO3. The minimum Gasteiger partial charge on any atom is -0.460 e. The van der Waals surface area contributed by atoms with E-state index in [0.717, 1.165) is 0 Å². The van der Waals surface area contributed by atoms with Crippen LogP contribution in [0.25, 0.3) is 0 Å². The molecule has 0 aromatic carbocycles. The number of nitrogens with one attached hydrogen (secondary N) is 1. The average molecular weight is 267 g/mol. The molecule has 0 aromatic heterocycles. The van der Waals surface area contributed by atoms with Gasteiger partial charge in [0.15, 0.2) is 0 Å². The van der Waals surface area contributed by atoms with Gasteiger partial charge in [0.1, 0.15) is 6.61 Å². The predicted molar refractivity (Wildman–Crippen MR) is 46.4 cm³/mol. The Balaban J connectivity index is 2.55. The highest BCUT2D eigenvalue weighted by atomic mass is 127. The molecule has 4 nitrogen and oxygen atoms in total. The van der Waals surface area contributed by atoms with E-state index in [9.17, 15) is 9.59 Å². The Bertz CT molecular complexity index is 226. The van der Waals surface area contributed by atoms with Crippen molar-refractivity contribution in [3.63, 3.8) is 0 Å². The first kappa shape index (κ1) is 8.51. The first-order valence-electron chi connectivity index (χ1n) is 2.93. The number of carbonyl (C=O) groups is 2. The molecule has 1 aliphatic heterocycles. The van der Waals surface area contributed by atoms with Crippen LogP contribution in [-0.2, 0) is 9.53 Å². The maximum Gasteiger partial charge on any atom is 0.335 e. The van der Waals surface area contributed by atoms with Crippen LogP contribution in [0.5, 0.6) is 0 Å². The quantitative estimate of drug-likeness (QED) is 0.249. The number of ether oxygens (including phenoxy) is 1.